The Hall–Kier alpha value is -13.2. The second-order valence-corrected chi connectivity index (χ2v) is 33.2. The molecule has 14 heterocycles. The van der Waals surface area contributed by atoms with Crippen LogP contribution in [0.2, 0.25) is 0 Å². The number of nitrogens with two attached hydrogens (primary N) is 3. The van der Waals surface area contributed by atoms with Gasteiger partial charge in [0.15, 0.2) is 0 Å². The van der Waals surface area contributed by atoms with Crippen LogP contribution in [-0.4, -0.2) is 189 Å². The van der Waals surface area contributed by atoms with E-state index in [4.69, 9.17) is 45.9 Å². The van der Waals surface area contributed by atoms with Gasteiger partial charge in [0.2, 0.25) is 23.6 Å². The first-order valence-corrected chi connectivity index (χ1v) is 40.0. The average Bonchev–Trinajstić information content (AvgIpc) is 1.42. The Labute approximate surface area is 715 Å². The first-order chi connectivity index (χ1) is 57.9. The van der Waals surface area contributed by atoms with Gasteiger partial charge in [0.05, 0.1) is 124 Å². The SMILES string of the molecule is C.C.CC(C)(O)COc1cc(-c2ccc(N3CCC(N)(C(=O)N4CCc5ccccc54)CC3)nc2)c2c(C#N)cnn2c1.COc1ccc(CN2CCC(N)(c3ccc(-c4cc(OCC(C)(C)O)cn5ncc(C#N)c45)cc3)CC2)cn1.COc1ccc(NC(=O)C2(N)CCN(c3ccc(-c4cc(OCC(C)(C)O)cn5ncc(C#N)c45)cn3)CC2)cn1. The highest BCUT2D eigenvalue weighted by molar-refractivity contribution is 6.02. The lowest BCUT2D eigenvalue weighted by Gasteiger charge is -2.40. The van der Waals surface area contributed by atoms with Crippen molar-refractivity contribution in [1.29, 1.82) is 15.8 Å². The van der Waals surface area contributed by atoms with E-state index in [1.807, 2.05) is 90.0 Å². The van der Waals surface area contributed by atoms with E-state index in [1.54, 1.807) is 112 Å². The maximum absolute atomic E-state index is 13.5. The molecule has 2 aromatic carbocycles. The Kier molecular flexibility index (Phi) is 26.8. The molecule has 31 nitrogen and oxygen atoms in total. The number of anilines is 4. The minimum Gasteiger partial charge on any atom is -0.489 e. The number of benzene rings is 2. The Morgan fingerprint density at radius 3 is 1.33 bits per heavy atom. The topological polar surface area (TPSA) is 419 Å². The summed E-state index contributed by atoms with van der Waals surface area (Å²) in [7, 11) is 3.15. The molecule has 0 atom stereocenters. The number of aromatic nitrogens is 10. The Morgan fingerprint density at radius 1 is 0.496 bits per heavy atom. The lowest BCUT2D eigenvalue weighted by Crippen LogP contribution is -2.60. The first-order valence-electron chi connectivity index (χ1n) is 40.0. The molecule has 3 saturated heterocycles. The minimum absolute atomic E-state index is 0. The standard InChI is InChI=1S/C31H33N7O3.C30H34N6O3.C29H32N8O4.2CH4/c1-30(2,40)20-41-24-15-25(28-23(16-32)18-35-38(28)19-24)22-7-8-27(34-17-22)36-13-10-31(33,11-14-36)29(39)37-12-9-21-5-3-4-6-26(21)37;1-29(2,37)20-39-25-14-26(28-23(15-31)17-34-36(28)19-25)22-5-7-24(8-6-22)30(32)10-12-35(13-11-30)18-21-4-9-27(38-3)33-16-21;1-28(2,39)18-41-22-12-23(26-20(13-30)15-34-37(26)17-22)19-4-6-24(32-14-19)36-10-8-29(31,9-11-36)27(38)35-21-5-7-25(40-3)33-16-21;;/h3-8,15,17-19,40H,9-14,20,33H2,1-2H3;4-9,14,16-17,19,37H,10-13,18,20,32H2,1-3H3;4-7,12,14-17,39H,8-11,18,31H2,1-3H3,(H,35,38);2*1H4. The van der Waals surface area contributed by atoms with Gasteiger partial charge in [-0.05, 0) is 163 Å². The maximum atomic E-state index is 13.5. The van der Waals surface area contributed by atoms with Crippen molar-refractivity contribution in [3.63, 3.8) is 0 Å². The molecule has 4 aliphatic rings. The molecular weight excluding hydrogens is 1560 g/mol. The van der Waals surface area contributed by atoms with E-state index in [2.05, 4.69) is 92.7 Å². The Bertz CT molecular complexity index is 5830. The molecule has 123 heavy (non-hydrogen) atoms. The molecule has 0 unspecified atom stereocenters. The number of amides is 2. The van der Waals surface area contributed by atoms with Crippen molar-refractivity contribution in [3.8, 4) is 80.6 Å². The van der Waals surface area contributed by atoms with Gasteiger partial charge in [0, 0.05) is 122 Å². The highest BCUT2D eigenvalue weighted by Crippen LogP contribution is 2.40. The number of carbonyl (C=O) groups excluding carboxylic acids is 2. The normalized spacial score (nSPS) is 15.4. The quantitative estimate of drug-likeness (QED) is 0.0331. The summed E-state index contributed by atoms with van der Waals surface area (Å²) in [5, 5.41) is 75.1. The lowest BCUT2D eigenvalue weighted by atomic mass is 9.81. The smallest absolute Gasteiger partial charge is 0.247 e. The highest BCUT2D eigenvalue weighted by atomic mass is 16.5. The van der Waals surface area contributed by atoms with Crippen molar-refractivity contribution in [2.75, 3.05) is 99.9 Å². The summed E-state index contributed by atoms with van der Waals surface area (Å²) in [6.07, 6.45) is 21.1. The van der Waals surface area contributed by atoms with Crippen LogP contribution in [-0.2, 0) is 28.1 Å². The highest BCUT2D eigenvalue weighted by Gasteiger charge is 2.43. The summed E-state index contributed by atoms with van der Waals surface area (Å²) in [6.45, 7) is 16.0. The van der Waals surface area contributed by atoms with Crippen LogP contribution in [0.5, 0.6) is 29.0 Å². The van der Waals surface area contributed by atoms with Gasteiger partial charge < -0.3 is 76.2 Å². The van der Waals surface area contributed by atoms with E-state index in [-0.39, 0.29) is 46.5 Å². The zero-order valence-corrected chi connectivity index (χ0v) is 69.0. The monoisotopic (exact) mass is 1670 g/mol. The van der Waals surface area contributed by atoms with Crippen LogP contribution in [0.3, 0.4) is 0 Å². The molecule has 16 rings (SSSR count). The van der Waals surface area contributed by atoms with Crippen molar-refractivity contribution in [2.45, 2.75) is 141 Å². The van der Waals surface area contributed by atoms with E-state index >= 15 is 0 Å². The van der Waals surface area contributed by atoms with E-state index in [9.17, 15) is 40.7 Å². The third-order valence-electron chi connectivity index (χ3n) is 22.1. The van der Waals surface area contributed by atoms with Gasteiger partial charge >= 0.3 is 0 Å². The van der Waals surface area contributed by atoms with Crippen molar-refractivity contribution < 1.29 is 48.6 Å². The summed E-state index contributed by atoms with van der Waals surface area (Å²) in [5.74, 6) is 3.97. The fraction of sp³-hybridized carbons (Fsp3) is 0.370. The molecule has 0 aliphatic carbocycles. The van der Waals surface area contributed by atoms with Crippen molar-refractivity contribution in [3.05, 3.63) is 211 Å². The molecule has 31 heteroatoms. The number of nitrogens with zero attached hydrogens (tertiary/aromatic N) is 17. The summed E-state index contributed by atoms with van der Waals surface area (Å²) in [6, 6.07) is 43.6. The molecule has 3 fully saturated rings. The second kappa shape index (κ2) is 37.0. The van der Waals surface area contributed by atoms with Crippen LogP contribution in [0.4, 0.5) is 23.0 Å². The number of rotatable bonds is 22. The first kappa shape index (κ1) is 89.1. The van der Waals surface area contributed by atoms with E-state index in [0.29, 0.717) is 126 Å². The Balaban J connectivity index is 0.000000167. The van der Waals surface area contributed by atoms with Crippen LogP contribution < -0.4 is 60.9 Å². The number of nitriles is 3. The van der Waals surface area contributed by atoms with Gasteiger partial charge in [-0.1, -0.05) is 63.4 Å². The van der Waals surface area contributed by atoms with Crippen LogP contribution in [0.1, 0.15) is 128 Å². The summed E-state index contributed by atoms with van der Waals surface area (Å²) < 4.78 is 32.6. The van der Waals surface area contributed by atoms with E-state index < -0.39 is 33.4 Å². The second-order valence-electron chi connectivity index (χ2n) is 33.2. The zero-order valence-electron chi connectivity index (χ0n) is 69.0. The van der Waals surface area contributed by atoms with Gasteiger partial charge in [-0.15, -0.1) is 0 Å². The number of nitrogens with one attached hydrogen (secondary N) is 1. The molecule has 640 valence electrons. The number of aliphatic hydroxyl groups is 3. The molecule has 0 spiro atoms. The van der Waals surface area contributed by atoms with E-state index in [0.717, 1.165) is 101 Å². The molecular formula is C92H107N21O10. The fourth-order valence-corrected chi connectivity index (χ4v) is 15.3. The van der Waals surface area contributed by atoms with Gasteiger partial charge in [-0.3, -0.25) is 14.5 Å². The van der Waals surface area contributed by atoms with Crippen LogP contribution in [0.15, 0.2) is 177 Å². The molecule has 0 bridgehead atoms. The molecule has 12 aromatic rings. The Morgan fingerprint density at radius 2 is 0.927 bits per heavy atom. The number of hydrogen-bond donors (Lipinski definition) is 7. The fourth-order valence-electron chi connectivity index (χ4n) is 15.3. The number of para-hydroxylation sites is 1. The average molecular weight is 1670 g/mol. The van der Waals surface area contributed by atoms with Crippen molar-refractivity contribution in [1.82, 2.24) is 53.7 Å². The molecule has 0 radical (unpaired) electrons. The molecule has 0 saturated carbocycles. The van der Waals surface area contributed by atoms with Crippen LogP contribution >= 0.6 is 0 Å². The predicted molar refractivity (Wildman–Crippen MR) is 470 cm³/mol. The van der Waals surface area contributed by atoms with Gasteiger partial charge in [-0.25, -0.2) is 33.5 Å². The molecule has 10 aromatic heterocycles. The third kappa shape index (κ3) is 20.6. The lowest BCUT2D eigenvalue weighted by molar-refractivity contribution is -0.124. The number of likely N-dealkylation sites (tertiary alicyclic amines) is 1. The summed E-state index contributed by atoms with van der Waals surface area (Å²) >= 11 is 0. The van der Waals surface area contributed by atoms with Gasteiger partial charge in [0.1, 0.15) is 66.9 Å². The van der Waals surface area contributed by atoms with Crippen LogP contribution in [0.25, 0.3) is 49.9 Å². The van der Waals surface area contributed by atoms with Gasteiger partial charge in [-0.2, -0.15) is 31.1 Å². The largest absolute Gasteiger partial charge is 0.489 e. The summed E-state index contributed by atoms with van der Waals surface area (Å²) in [4.78, 5) is 52.8. The summed E-state index contributed by atoms with van der Waals surface area (Å²) in [5.41, 5.74) is 28.0. The minimum atomic E-state index is -1.01. The molecule has 10 N–H and O–H groups in total. The molecule has 4 aliphatic heterocycles. The van der Waals surface area contributed by atoms with Crippen LogP contribution in [0, 0.1) is 34.0 Å². The van der Waals surface area contributed by atoms with Crippen molar-refractivity contribution >= 4 is 51.4 Å². The number of ether oxygens (including phenoxy) is 5. The molecule has 2 amide bonds. The predicted octanol–water partition coefficient (Wildman–Crippen LogP) is 11.2. The number of pyridine rings is 7. The van der Waals surface area contributed by atoms with Gasteiger partial charge in [0.25, 0.3) is 0 Å². The number of carbonyl (C=O) groups is 2. The van der Waals surface area contributed by atoms with E-state index in [1.165, 1.54) is 31.3 Å². The maximum Gasteiger partial charge on any atom is 0.247 e. The number of methoxy groups -OCH3 is 2. The number of hydrogen-bond acceptors (Lipinski definition) is 26. The number of piperidine rings is 3. The van der Waals surface area contributed by atoms with Crippen molar-refractivity contribution in [2.24, 2.45) is 17.2 Å². The zero-order chi connectivity index (χ0) is 85.6. The third-order valence-corrected chi connectivity index (χ3v) is 22.1. The number of fused-ring (bicyclic) bond motifs is 4.